The first-order valence-electron chi connectivity index (χ1n) is 17.0. The summed E-state index contributed by atoms with van der Waals surface area (Å²) in [4.78, 5) is 27.4. The highest BCUT2D eigenvalue weighted by Gasteiger charge is 2.67. The van der Waals surface area contributed by atoms with Gasteiger partial charge in [-0.3, -0.25) is 14.5 Å². The number of likely N-dealkylation sites (N-methyl/N-ethyl adjacent to an activating group) is 1. The quantitative estimate of drug-likeness (QED) is 0.351. The smallest absolute Gasteiger partial charge is 0.303 e. The summed E-state index contributed by atoms with van der Waals surface area (Å²) >= 11 is 0. The molecule has 0 N–H and O–H groups in total. The van der Waals surface area contributed by atoms with Gasteiger partial charge in [-0.05, 0) is 113 Å². The number of carbonyl (C=O) groups excluding carboxylic acids is 2. The Labute approximate surface area is 260 Å². The Bertz CT molecular complexity index is 964. The summed E-state index contributed by atoms with van der Waals surface area (Å²) in [7, 11) is 2.47. The van der Waals surface area contributed by atoms with Gasteiger partial charge < -0.3 is 30.9 Å². The van der Waals surface area contributed by atoms with Gasteiger partial charge in [0.1, 0.15) is 12.1 Å². The molecule has 0 aromatic rings. The van der Waals surface area contributed by atoms with Crippen molar-refractivity contribution in [1.29, 1.82) is 0 Å². The molecule has 2 aliphatic heterocycles. The van der Waals surface area contributed by atoms with Crippen LogP contribution in [0.15, 0.2) is 0 Å². The van der Waals surface area contributed by atoms with Crippen LogP contribution in [0.5, 0.6) is 0 Å². The lowest BCUT2D eigenvalue weighted by atomic mass is 9.44. The number of likely N-dealkylation sites (tertiary alicyclic amines) is 2. The Morgan fingerprint density at radius 2 is 1.46 bits per heavy atom. The summed E-state index contributed by atoms with van der Waals surface area (Å²) in [5.41, 5.74) is 0.377. The van der Waals surface area contributed by atoms with Gasteiger partial charge in [0.15, 0.2) is 6.10 Å². The molecular weight excluding hydrogens is 580 g/mol. The molecule has 0 aromatic carbocycles. The molecule has 6 nitrogen and oxygen atoms in total. The minimum absolute atomic E-state index is 0. The van der Waals surface area contributed by atoms with Gasteiger partial charge in [0.05, 0.1) is 20.1 Å². The number of carbonyl (C=O) groups is 2. The van der Waals surface area contributed by atoms with Gasteiger partial charge in [-0.15, -0.1) is 0 Å². The number of esters is 2. The van der Waals surface area contributed by atoms with Crippen molar-refractivity contribution in [3.8, 4) is 0 Å². The molecule has 6 fully saturated rings. The summed E-state index contributed by atoms with van der Waals surface area (Å²) in [5, 5.41) is 0. The minimum Gasteiger partial charge on any atom is -1.00 e. The van der Waals surface area contributed by atoms with Crippen molar-refractivity contribution in [1.82, 2.24) is 4.90 Å². The largest absolute Gasteiger partial charge is 1.00 e. The van der Waals surface area contributed by atoms with E-state index in [2.05, 4.69) is 25.8 Å². The lowest BCUT2D eigenvalue weighted by molar-refractivity contribution is -0.940. The highest BCUT2D eigenvalue weighted by molar-refractivity contribution is 5.66. The second-order valence-corrected chi connectivity index (χ2v) is 15.8. The maximum atomic E-state index is 12.5. The third-order valence-corrected chi connectivity index (χ3v) is 13.7. The van der Waals surface area contributed by atoms with E-state index in [1.54, 1.807) is 13.8 Å². The molecule has 0 spiro atoms. The molecule has 7 heteroatoms. The number of ether oxygens (including phenoxy) is 2. The summed E-state index contributed by atoms with van der Waals surface area (Å²) in [6.07, 6.45) is 16.3. The van der Waals surface area contributed by atoms with E-state index >= 15 is 0 Å². The van der Waals surface area contributed by atoms with Crippen molar-refractivity contribution in [2.24, 2.45) is 34.5 Å². The Balaban J connectivity index is 0.00000337. The molecule has 2 heterocycles. The maximum absolute atomic E-state index is 12.5. The summed E-state index contributed by atoms with van der Waals surface area (Å²) in [5.74, 6) is 2.50. The van der Waals surface area contributed by atoms with E-state index < -0.39 is 0 Å². The summed E-state index contributed by atoms with van der Waals surface area (Å²) in [6.45, 7) is 13.1. The van der Waals surface area contributed by atoms with E-state index in [0.29, 0.717) is 35.3 Å². The van der Waals surface area contributed by atoms with Crippen molar-refractivity contribution >= 4 is 11.9 Å². The van der Waals surface area contributed by atoms with Crippen LogP contribution in [-0.4, -0.2) is 78.8 Å². The molecule has 6 rings (SSSR count). The second kappa shape index (κ2) is 12.0. The molecule has 6 aliphatic rings. The van der Waals surface area contributed by atoms with Gasteiger partial charge in [0.25, 0.3) is 0 Å². The van der Waals surface area contributed by atoms with E-state index in [1.165, 1.54) is 90.1 Å². The third kappa shape index (κ3) is 5.56. The van der Waals surface area contributed by atoms with E-state index in [9.17, 15) is 9.59 Å². The van der Waals surface area contributed by atoms with Gasteiger partial charge in [0, 0.05) is 31.7 Å². The van der Waals surface area contributed by atoms with Gasteiger partial charge in [-0.25, -0.2) is 0 Å². The predicted molar refractivity (Wildman–Crippen MR) is 156 cm³/mol. The van der Waals surface area contributed by atoms with E-state index in [4.69, 9.17) is 9.47 Å². The predicted octanol–water partition coefficient (Wildman–Crippen LogP) is 2.97. The van der Waals surface area contributed by atoms with Crippen LogP contribution < -0.4 is 17.0 Å². The Morgan fingerprint density at radius 3 is 2.12 bits per heavy atom. The molecule has 2 saturated heterocycles. The first-order chi connectivity index (χ1) is 19.0. The first kappa shape index (κ1) is 31.8. The van der Waals surface area contributed by atoms with Gasteiger partial charge >= 0.3 is 11.9 Å². The lowest BCUT2D eigenvalue weighted by Gasteiger charge is -2.62. The number of hydrogen-bond acceptors (Lipinski definition) is 5. The van der Waals surface area contributed by atoms with Crippen LogP contribution in [0.2, 0.25) is 0 Å². The number of quaternary nitrogens is 1. The Morgan fingerprint density at radius 1 is 0.805 bits per heavy atom. The van der Waals surface area contributed by atoms with E-state index in [0.717, 1.165) is 29.9 Å². The maximum Gasteiger partial charge on any atom is 0.303 e. The Kier molecular flexibility index (Phi) is 9.32. The monoisotopic (exact) mass is 636 g/mol. The molecule has 10 atom stereocenters. The van der Waals surface area contributed by atoms with Crippen LogP contribution in [0.1, 0.15) is 111 Å². The zero-order valence-corrected chi connectivity index (χ0v) is 28.1. The third-order valence-electron chi connectivity index (χ3n) is 13.7. The molecule has 0 bridgehead atoms. The second-order valence-electron chi connectivity index (χ2n) is 15.8. The highest BCUT2D eigenvalue weighted by Crippen LogP contribution is 2.67. The fraction of sp³-hybridized carbons (Fsp3) is 0.941. The van der Waals surface area contributed by atoms with Crippen molar-refractivity contribution in [2.45, 2.75) is 135 Å². The summed E-state index contributed by atoms with van der Waals surface area (Å²) in [6, 6.07) is 0.796. The van der Waals surface area contributed by atoms with Crippen molar-refractivity contribution < 1.29 is 40.5 Å². The van der Waals surface area contributed by atoms with Crippen LogP contribution in [0, 0.1) is 34.5 Å². The summed E-state index contributed by atoms with van der Waals surface area (Å²) < 4.78 is 13.5. The molecule has 0 radical (unpaired) electrons. The first-order valence-corrected chi connectivity index (χ1v) is 17.0. The van der Waals surface area contributed by atoms with Crippen LogP contribution >= 0.6 is 0 Å². The van der Waals surface area contributed by atoms with Gasteiger partial charge in [0.2, 0.25) is 0 Å². The lowest BCUT2D eigenvalue weighted by Crippen LogP contribution is -3.00. The van der Waals surface area contributed by atoms with Gasteiger partial charge in [-0.1, -0.05) is 20.3 Å². The van der Waals surface area contributed by atoms with Crippen molar-refractivity contribution in [3.05, 3.63) is 0 Å². The SMILES string of the molecule is CC(=O)O[C@@H]1[C@H]([N+]2(C)CCCCC2)CC2C3CC[C@@H]4C[C@@H](OC(C)=O)[C@H](N5CCCCC5)C[C@@]4(C)C3CC[C@]21C.[Br-]. The molecule has 0 aromatic heterocycles. The van der Waals surface area contributed by atoms with Crippen molar-refractivity contribution in [2.75, 3.05) is 33.2 Å². The number of rotatable bonds is 4. The van der Waals surface area contributed by atoms with E-state index in [1.807, 2.05) is 0 Å². The molecule has 4 saturated carbocycles. The fourth-order valence-corrected chi connectivity index (χ4v) is 11.7. The average Bonchev–Trinajstić information content (AvgIpc) is 3.21. The molecular formula is C34H57BrN2O4. The normalized spacial score (nSPS) is 45.8. The van der Waals surface area contributed by atoms with Crippen molar-refractivity contribution in [3.63, 3.8) is 0 Å². The highest BCUT2D eigenvalue weighted by atomic mass is 79.9. The van der Waals surface area contributed by atoms with Crippen LogP contribution in [0.4, 0.5) is 0 Å². The minimum atomic E-state index is -0.111. The molecule has 234 valence electrons. The number of piperidine rings is 2. The molecule has 4 aliphatic carbocycles. The standard InChI is InChI=1S/C34H57N2O4.BrH/c1-23(37)39-31-20-25-12-13-26-27(34(25,4)22-29(31)35-16-8-6-9-17-35)14-15-33(3)28(26)21-30(32(33)40-24(2)38)36(5)18-10-7-11-19-36;/h25-32H,6-22H2,1-5H3;1H/q+1;/p-1/t25-,26?,27?,28?,29-,30-,31-,32-,33-,34-;/m1./s1. The van der Waals surface area contributed by atoms with Crippen LogP contribution in [-0.2, 0) is 19.1 Å². The Hall–Kier alpha value is -0.660. The number of fused-ring (bicyclic) bond motifs is 5. The fourth-order valence-electron chi connectivity index (χ4n) is 11.7. The van der Waals surface area contributed by atoms with Crippen LogP contribution in [0.3, 0.4) is 0 Å². The molecule has 3 unspecified atom stereocenters. The van der Waals surface area contributed by atoms with Gasteiger partial charge in [-0.2, -0.15) is 0 Å². The van der Waals surface area contributed by atoms with Crippen LogP contribution in [0.25, 0.3) is 0 Å². The topological polar surface area (TPSA) is 55.8 Å². The zero-order valence-electron chi connectivity index (χ0n) is 26.5. The molecule has 41 heavy (non-hydrogen) atoms. The van der Waals surface area contributed by atoms with E-state index in [-0.39, 0.29) is 46.5 Å². The average molecular weight is 638 g/mol. The number of nitrogens with zero attached hydrogens (tertiary/aromatic N) is 2. The number of halogens is 1. The number of hydrogen-bond donors (Lipinski definition) is 0. The molecule has 0 amide bonds. The zero-order chi connectivity index (χ0) is 28.3.